The first-order valence-corrected chi connectivity index (χ1v) is 8.12. The van der Waals surface area contributed by atoms with Crippen molar-refractivity contribution < 1.29 is 9.47 Å². The third-order valence-corrected chi connectivity index (χ3v) is 4.67. The van der Waals surface area contributed by atoms with E-state index in [1.165, 1.54) is 31.2 Å². The molecule has 1 aromatic rings. The van der Waals surface area contributed by atoms with Crippen molar-refractivity contribution in [3.05, 3.63) is 28.2 Å². The molecule has 0 spiro atoms. The lowest BCUT2D eigenvalue weighted by atomic mass is 9.79. The average Bonchev–Trinajstić information content (AvgIpc) is 2.40. The van der Waals surface area contributed by atoms with Crippen LogP contribution in [0.15, 0.2) is 22.7 Å². The summed E-state index contributed by atoms with van der Waals surface area (Å²) in [5.41, 5.74) is 1.32. The van der Waals surface area contributed by atoms with Gasteiger partial charge in [0.2, 0.25) is 0 Å². The van der Waals surface area contributed by atoms with Gasteiger partial charge in [0.25, 0.3) is 0 Å². The summed E-state index contributed by atoms with van der Waals surface area (Å²) in [5.74, 6) is 1.77. The lowest BCUT2D eigenvalue weighted by Crippen LogP contribution is -2.23. The Balaban J connectivity index is 1.98. The highest BCUT2D eigenvalue weighted by Gasteiger charge is 2.22. The Morgan fingerprint density at radius 2 is 2.15 bits per heavy atom. The zero-order valence-corrected chi connectivity index (χ0v) is 13.9. The van der Waals surface area contributed by atoms with Crippen molar-refractivity contribution in [1.82, 2.24) is 5.32 Å². The topological polar surface area (TPSA) is 30.5 Å². The van der Waals surface area contributed by atoms with Gasteiger partial charge in [-0.2, -0.15) is 0 Å². The molecule has 2 rings (SSSR count). The van der Waals surface area contributed by atoms with Crippen molar-refractivity contribution >= 4 is 15.9 Å². The quantitative estimate of drug-likeness (QED) is 0.727. The van der Waals surface area contributed by atoms with Crippen LogP contribution in [0.3, 0.4) is 0 Å². The van der Waals surface area contributed by atoms with Gasteiger partial charge in [0.05, 0.1) is 11.1 Å². The van der Waals surface area contributed by atoms with Crippen LogP contribution in [-0.2, 0) is 4.74 Å². The Hall–Kier alpha value is -0.580. The number of hydrogen-bond acceptors (Lipinski definition) is 3. The van der Waals surface area contributed by atoms with Crippen LogP contribution in [0.4, 0.5) is 0 Å². The fourth-order valence-corrected chi connectivity index (χ4v) is 3.08. The molecular weight excluding hydrogens is 318 g/mol. The van der Waals surface area contributed by atoms with E-state index in [1.807, 2.05) is 13.1 Å². The maximum Gasteiger partial charge on any atom is 0.133 e. The van der Waals surface area contributed by atoms with Crippen molar-refractivity contribution in [3.8, 4) is 5.75 Å². The van der Waals surface area contributed by atoms with Gasteiger partial charge in [-0.25, -0.2) is 0 Å². The largest absolute Gasteiger partial charge is 0.490 e. The predicted octanol–water partition coefficient (Wildman–Crippen LogP) is 3.93. The highest BCUT2D eigenvalue weighted by atomic mass is 79.9. The number of halogens is 1. The van der Waals surface area contributed by atoms with E-state index in [2.05, 4.69) is 33.4 Å². The lowest BCUT2D eigenvalue weighted by Gasteiger charge is -2.30. The Morgan fingerprint density at radius 1 is 1.35 bits per heavy atom. The number of hydrogen-bond donors (Lipinski definition) is 1. The molecule has 1 fully saturated rings. The first kappa shape index (κ1) is 15.8. The van der Waals surface area contributed by atoms with Gasteiger partial charge < -0.3 is 14.8 Å². The van der Waals surface area contributed by atoms with E-state index in [4.69, 9.17) is 9.47 Å². The number of benzene rings is 1. The lowest BCUT2D eigenvalue weighted by molar-refractivity contribution is 0.146. The van der Waals surface area contributed by atoms with E-state index in [-0.39, 0.29) is 0 Å². The molecular formula is C16H24BrNO2. The standard InChI is InChI=1S/C16H24BrNO2/c1-18-15(10-12-4-3-5-12)13-6-7-16(14(17)11-13)20-9-8-19-2/h6-7,11-12,15,18H,3-5,8-10H2,1-2H3. The van der Waals surface area contributed by atoms with Crippen molar-refractivity contribution in [3.63, 3.8) is 0 Å². The van der Waals surface area contributed by atoms with Gasteiger partial charge in [-0.15, -0.1) is 0 Å². The minimum absolute atomic E-state index is 0.435. The summed E-state index contributed by atoms with van der Waals surface area (Å²) < 4.78 is 11.7. The molecule has 1 N–H and O–H groups in total. The molecule has 4 heteroatoms. The molecule has 1 aliphatic carbocycles. The molecule has 1 saturated carbocycles. The molecule has 112 valence electrons. The van der Waals surface area contributed by atoms with E-state index < -0.39 is 0 Å². The van der Waals surface area contributed by atoms with E-state index in [0.717, 1.165) is 16.1 Å². The van der Waals surface area contributed by atoms with E-state index in [1.54, 1.807) is 7.11 Å². The summed E-state index contributed by atoms with van der Waals surface area (Å²) in [7, 11) is 3.72. The van der Waals surface area contributed by atoms with E-state index in [0.29, 0.717) is 19.3 Å². The van der Waals surface area contributed by atoms with Gasteiger partial charge in [-0.05, 0) is 53.0 Å². The van der Waals surface area contributed by atoms with Crippen LogP contribution in [0.5, 0.6) is 5.75 Å². The first-order valence-electron chi connectivity index (χ1n) is 7.33. The summed E-state index contributed by atoms with van der Waals surface area (Å²) in [5, 5.41) is 3.43. The Labute approximate surface area is 130 Å². The second-order valence-electron chi connectivity index (χ2n) is 5.41. The fraction of sp³-hybridized carbons (Fsp3) is 0.625. The number of methoxy groups -OCH3 is 1. The highest BCUT2D eigenvalue weighted by Crippen LogP contribution is 2.36. The van der Waals surface area contributed by atoms with E-state index >= 15 is 0 Å². The number of ether oxygens (including phenoxy) is 2. The molecule has 0 aliphatic heterocycles. The fourth-order valence-electron chi connectivity index (χ4n) is 2.57. The molecule has 0 aromatic heterocycles. The van der Waals surface area contributed by atoms with Crippen molar-refractivity contribution in [2.45, 2.75) is 31.7 Å². The number of rotatable bonds is 8. The van der Waals surface area contributed by atoms with Gasteiger partial charge in [0.15, 0.2) is 0 Å². The van der Waals surface area contributed by atoms with Crippen LogP contribution < -0.4 is 10.1 Å². The van der Waals surface area contributed by atoms with Crippen LogP contribution in [0.25, 0.3) is 0 Å². The zero-order chi connectivity index (χ0) is 14.4. The van der Waals surface area contributed by atoms with Gasteiger partial charge in [-0.1, -0.05) is 25.3 Å². The van der Waals surface area contributed by atoms with Gasteiger partial charge >= 0.3 is 0 Å². The second-order valence-corrected chi connectivity index (χ2v) is 6.26. The van der Waals surface area contributed by atoms with Crippen LogP contribution in [0, 0.1) is 5.92 Å². The molecule has 1 aromatic carbocycles. The Bertz CT molecular complexity index is 421. The summed E-state index contributed by atoms with van der Waals surface area (Å²) in [6.07, 6.45) is 5.40. The third-order valence-electron chi connectivity index (χ3n) is 4.05. The average molecular weight is 342 g/mol. The number of nitrogens with one attached hydrogen (secondary N) is 1. The molecule has 1 aliphatic rings. The van der Waals surface area contributed by atoms with Gasteiger partial charge in [-0.3, -0.25) is 0 Å². The first-order chi connectivity index (χ1) is 9.74. The molecule has 0 bridgehead atoms. The minimum atomic E-state index is 0.435. The molecule has 0 amide bonds. The molecule has 0 heterocycles. The highest BCUT2D eigenvalue weighted by molar-refractivity contribution is 9.10. The zero-order valence-electron chi connectivity index (χ0n) is 12.3. The summed E-state index contributed by atoms with van der Waals surface area (Å²) in [4.78, 5) is 0. The SMILES string of the molecule is CNC(CC1CCC1)c1ccc(OCCOC)c(Br)c1. The predicted molar refractivity (Wildman–Crippen MR) is 85.3 cm³/mol. The van der Waals surface area contributed by atoms with E-state index in [9.17, 15) is 0 Å². The monoisotopic (exact) mass is 341 g/mol. The minimum Gasteiger partial charge on any atom is -0.490 e. The van der Waals surface area contributed by atoms with Gasteiger partial charge in [0.1, 0.15) is 12.4 Å². The van der Waals surface area contributed by atoms with Crippen molar-refractivity contribution in [2.75, 3.05) is 27.4 Å². The maximum atomic E-state index is 5.67. The van der Waals surface area contributed by atoms with Crippen LogP contribution >= 0.6 is 15.9 Å². The third kappa shape index (κ3) is 4.21. The van der Waals surface area contributed by atoms with Crippen LogP contribution in [-0.4, -0.2) is 27.4 Å². The molecule has 1 unspecified atom stereocenters. The Kier molecular flexibility index (Phi) is 6.33. The molecule has 20 heavy (non-hydrogen) atoms. The summed E-state index contributed by atoms with van der Waals surface area (Å²) in [6.45, 7) is 1.18. The second kappa shape index (κ2) is 8.01. The van der Waals surface area contributed by atoms with Crippen LogP contribution in [0.2, 0.25) is 0 Å². The molecule has 1 atom stereocenters. The van der Waals surface area contributed by atoms with Gasteiger partial charge in [0, 0.05) is 13.2 Å². The van der Waals surface area contributed by atoms with Crippen molar-refractivity contribution in [2.24, 2.45) is 5.92 Å². The van der Waals surface area contributed by atoms with Crippen molar-refractivity contribution in [1.29, 1.82) is 0 Å². The van der Waals surface area contributed by atoms with Crippen LogP contribution in [0.1, 0.15) is 37.3 Å². The summed E-state index contributed by atoms with van der Waals surface area (Å²) >= 11 is 3.60. The Morgan fingerprint density at radius 3 is 2.70 bits per heavy atom. The maximum absolute atomic E-state index is 5.67. The summed E-state index contributed by atoms with van der Waals surface area (Å²) in [6, 6.07) is 6.80. The molecule has 0 saturated heterocycles. The molecule has 0 radical (unpaired) electrons. The molecule has 3 nitrogen and oxygen atoms in total. The normalized spacial score (nSPS) is 16.8. The smallest absolute Gasteiger partial charge is 0.133 e.